The van der Waals surface area contributed by atoms with Crippen molar-refractivity contribution >= 4 is 29.1 Å². The summed E-state index contributed by atoms with van der Waals surface area (Å²) >= 11 is 6.28. The van der Waals surface area contributed by atoms with E-state index in [1.165, 1.54) is 6.20 Å². The summed E-state index contributed by atoms with van der Waals surface area (Å²) in [4.78, 5) is 25.7. The molecule has 162 valence electrons. The number of nitrogens with one attached hydrogen (secondary N) is 1. The molecular formula is C21H24ClN7O2. The Morgan fingerprint density at radius 1 is 1.16 bits per heavy atom. The Hall–Kier alpha value is -3.17. The molecule has 31 heavy (non-hydrogen) atoms. The van der Waals surface area contributed by atoms with Crippen LogP contribution in [0.1, 0.15) is 10.4 Å². The van der Waals surface area contributed by atoms with Crippen LogP contribution < -0.4 is 10.1 Å². The molecule has 3 heterocycles. The molecule has 4 rings (SSSR count). The van der Waals surface area contributed by atoms with Crippen LogP contribution >= 0.6 is 11.6 Å². The number of hydrogen-bond acceptors (Lipinski definition) is 7. The number of hydrogen-bond donors (Lipinski definition) is 1. The third-order valence-corrected chi connectivity index (χ3v) is 5.48. The number of methoxy groups -OCH3 is 1. The summed E-state index contributed by atoms with van der Waals surface area (Å²) in [6, 6.07) is 5.31. The zero-order valence-electron chi connectivity index (χ0n) is 17.7. The monoisotopic (exact) mass is 441 g/mol. The van der Waals surface area contributed by atoms with Gasteiger partial charge in [-0.25, -0.2) is 9.97 Å². The van der Waals surface area contributed by atoms with Gasteiger partial charge < -0.3 is 19.9 Å². The number of benzene rings is 1. The number of likely N-dealkylation sites (N-methyl/N-ethyl adjacent to an activating group) is 1. The molecule has 1 aromatic carbocycles. The first kappa shape index (κ1) is 21.1. The van der Waals surface area contributed by atoms with Crippen molar-refractivity contribution in [1.82, 2.24) is 29.5 Å². The van der Waals surface area contributed by atoms with Gasteiger partial charge in [0.1, 0.15) is 5.75 Å². The Bertz CT molecular complexity index is 1090. The lowest BCUT2D eigenvalue weighted by Gasteiger charge is -2.32. The summed E-state index contributed by atoms with van der Waals surface area (Å²) in [5, 5.41) is 7.75. The fourth-order valence-electron chi connectivity index (χ4n) is 3.41. The lowest BCUT2D eigenvalue weighted by molar-refractivity contribution is 0.0664. The summed E-state index contributed by atoms with van der Waals surface area (Å²) in [5.74, 6) is 0.890. The predicted octanol–water partition coefficient (Wildman–Crippen LogP) is 2.67. The van der Waals surface area contributed by atoms with Crippen molar-refractivity contribution in [3.05, 3.63) is 47.4 Å². The third kappa shape index (κ3) is 4.62. The van der Waals surface area contributed by atoms with Gasteiger partial charge in [-0.1, -0.05) is 11.6 Å². The lowest BCUT2D eigenvalue weighted by atomic mass is 10.1. The van der Waals surface area contributed by atoms with Crippen molar-refractivity contribution in [1.29, 1.82) is 0 Å². The number of ether oxygens (including phenoxy) is 1. The van der Waals surface area contributed by atoms with Gasteiger partial charge in [-0.05, 0) is 25.2 Å². The van der Waals surface area contributed by atoms with E-state index in [1.807, 2.05) is 18.1 Å². The molecule has 9 nitrogen and oxygen atoms in total. The fourth-order valence-corrected chi connectivity index (χ4v) is 3.61. The molecule has 0 radical (unpaired) electrons. The number of piperazine rings is 1. The fraction of sp³-hybridized carbons (Fsp3) is 0.333. The van der Waals surface area contributed by atoms with E-state index in [1.54, 1.807) is 36.2 Å². The number of nitrogens with zero attached hydrogens (tertiary/aromatic N) is 6. The summed E-state index contributed by atoms with van der Waals surface area (Å²) in [6.07, 6.45) is 5.06. The zero-order valence-corrected chi connectivity index (χ0v) is 18.4. The number of anilines is 2. The molecule has 0 spiro atoms. The topological polar surface area (TPSA) is 88.4 Å². The highest BCUT2D eigenvalue weighted by molar-refractivity contribution is 6.32. The summed E-state index contributed by atoms with van der Waals surface area (Å²) in [6.45, 7) is 3.17. The second-order valence-electron chi connectivity index (χ2n) is 7.43. The molecule has 3 aromatic rings. The highest BCUT2D eigenvalue weighted by Crippen LogP contribution is 2.30. The minimum atomic E-state index is -0.000410. The molecule has 10 heteroatoms. The molecule has 0 aliphatic carbocycles. The molecule has 1 N–H and O–H groups in total. The predicted molar refractivity (Wildman–Crippen MR) is 119 cm³/mol. The van der Waals surface area contributed by atoms with Gasteiger partial charge >= 0.3 is 0 Å². The molecule has 1 saturated heterocycles. The van der Waals surface area contributed by atoms with E-state index in [-0.39, 0.29) is 5.91 Å². The Morgan fingerprint density at radius 3 is 2.61 bits per heavy atom. The van der Waals surface area contributed by atoms with E-state index >= 15 is 0 Å². The van der Waals surface area contributed by atoms with Crippen molar-refractivity contribution in [3.8, 4) is 17.0 Å². The van der Waals surface area contributed by atoms with Gasteiger partial charge in [0.05, 0.1) is 35.9 Å². The van der Waals surface area contributed by atoms with Crippen LogP contribution in [0.3, 0.4) is 0 Å². The Labute approximate surface area is 185 Å². The molecule has 1 aliphatic heterocycles. The first-order valence-corrected chi connectivity index (χ1v) is 10.3. The van der Waals surface area contributed by atoms with Crippen molar-refractivity contribution < 1.29 is 9.53 Å². The van der Waals surface area contributed by atoms with Crippen LogP contribution in [0.4, 0.5) is 11.6 Å². The van der Waals surface area contributed by atoms with Crippen LogP contribution in [0, 0.1) is 0 Å². The normalized spacial score (nSPS) is 14.5. The molecule has 0 unspecified atom stereocenters. The average Bonchev–Trinajstić information content (AvgIpc) is 3.21. The van der Waals surface area contributed by atoms with Gasteiger partial charge in [-0.3, -0.25) is 9.48 Å². The maximum Gasteiger partial charge on any atom is 0.254 e. The minimum absolute atomic E-state index is 0.000410. The molecule has 0 atom stereocenters. The number of halogens is 1. The van der Waals surface area contributed by atoms with E-state index in [2.05, 4.69) is 32.3 Å². The largest absolute Gasteiger partial charge is 0.495 e. The van der Waals surface area contributed by atoms with E-state index < -0.39 is 0 Å². The van der Waals surface area contributed by atoms with E-state index in [4.69, 9.17) is 16.3 Å². The van der Waals surface area contributed by atoms with Gasteiger partial charge in [-0.15, -0.1) is 0 Å². The number of aryl methyl sites for hydroxylation is 1. The second-order valence-corrected chi connectivity index (χ2v) is 7.84. The number of amides is 1. The second kappa shape index (κ2) is 8.91. The van der Waals surface area contributed by atoms with E-state index in [9.17, 15) is 4.79 Å². The molecule has 1 amide bonds. The highest BCUT2D eigenvalue weighted by Gasteiger charge is 2.21. The van der Waals surface area contributed by atoms with Crippen LogP contribution in [-0.4, -0.2) is 75.8 Å². The van der Waals surface area contributed by atoms with Gasteiger partial charge in [0, 0.05) is 50.6 Å². The zero-order chi connectivity index (χ0) is 22.0. The average molecular weight is 442 g/mol. The van der Waals surface area contributed by atoms with E-state index in [0.717, 1.165) is 18.7 Å². The molecular weight excluding hydrogens is 418 g/mol. The Balaban J connectivity index is 1.56. The van der Waals surface area contributed by atoms with Crippen molar-refractivity contribution in [2.24, 2.45) is 7.05 Å². The van der Waals surface area contributed by atoms with Crippen molar-refractivity contribution in [2.75, 3.05) is 45.7 Å². The van der Waals surface area contributed by atoms with Crippen LogP contribution in [0.5, 0.6) is 5.75 Å². The van der Waals surface area contributed by atoms with Gasteiger partial charge in [0.2, 0.25) is 5.95 Å². The molecule has 1 fully saturated rings. The standard InChI is InChI=1S/C21H24ClN7O2/c1-27-6-8-29(9-7-27)20(30)14-4-5-17(18(10-14)31-3)25-21-23-12-16(22)19(26-21)15-11-24-28(2)13-15/h4-5,10-13H,6-9H2,1-3H3,(H,23,25,26). The first-order valence-electron chi connectivity index (χ1n) is 9.89. The number of rotatable bonds is 5. The summed E-state index contributed by atoms with van der Waals surface area (Å²) in [7, 11) is 5.45. The maximum atomic E-state index is 12.9. The van der Waals surface area contributed by atoms with Crippen LogP contribution in [0.15, 0.2) is 36.8 Å². The van der Waals surface area contributed by atoms with Crippen LogP contribution in [-0.2, 0) is 7.05 Å². The molecule has 0 bridgehead atoms. The molecule has 0 saturated carbocycles. The quantitative estimate of drug-likeness (QED) is 0.651. The molecule has 1 aliphatic rings. The van der Waals surface area contributed by atoms with Crippen molar-refractivity contribution in [3.63, 3.8) is 0 Å². The Kier molecular flexibility index (Phi) is 6.06. The SMILES string of the molecule is COc1cc(C(=O)N2CCN(C)CC2)ccc1Nc1ncc(Cl)c(-c2cnn(C)c2)n1. The van der Waals surface area contributed by atoms with Crippen LogP contribution in [0.25, 0.3) is 11.3 Å². The number of carbonyl (C=O) groups excluding carboxylic acids is 1. The van der Waals surface area contributed by atoms with Crippen molar-refractivity contribution in [2.45, 2.75) is 0 Å². The van der Waals surface area contributed by atoms with E-state index in [0.29, 0.717) is 46.8 Å². The Morgan fingerprint density at radius 2 is 1.94 bits per heavy atom. The first-order chi connectivity index (χ1) is 14.9. The molecule has 2 aromatic heterocycles. The minimum Gasteiger partial charge on any atom is -0.495 e. The lowest BCUT2D eigenvalue weighted by Crippen LogP contribution is -2.47. The summed E-state index contributed by atoms with van der Waals surface area (Å²) < 4.78 is 7.20. The number of aromatic nitrogens is 4. The van der Waals surface area contributed by atoms with Gasteiger partial charge in [-0.2, -0.15) is 5.10 Å². The smallest absolute Gasteiger partial charge is 0.254 e. The highest BCUT2D eigenvalue weighted by atomic mass is 35.5. The van der Waals surface area contributed by atoms with Crippen LogP contribution in [0.2, 0.25) is 5.02 Å². The summed E-state index contributed by atoms with van der Waals surface area (Å²) in [5.41, 5.74) is 2.60. The van der Waals surface area contributed by atoms with Gasteiger partial charge in [0.15, 0.2) is 0 Å². The maximum absolute atomic E-state index is 12.9. The third-order valence-electron chi connectivity index (χ3n) is 5.21. The number of carbonyl (C=O) groups is 1. The van der Waals surface area contributed by atoms with Gasteiger partial charge in [0.25, 0.3) is 5.91 Å².